The molecule has 2 aliphatic heterocycles. The van der Waals surface area contributed by atoms with Gasteiger partial charge in [-0.15, -0.1) is 0 Å². The van der Waals surface area contributed by atoms with E-state index in [4.69, 9.17) is 9.47 Å². The van der Waals surface area contributed by atoms with Gasteiger partial charge in [-0.2, -0.15) is 0 Å². The van der Waals surface area contributed by atoms with Crippen LogP contribution < -0.4 is 19.3 Å². The number of benzene rings is 2. The van der Waals surface area contributed by atoms with Gasteiger partial charge in [-0.1, -0.05) is 24.6 Å². The predicted octanol–water partition coefficient (Wildman–Crippen LogP) is 4.43. The Bertz CT molecular complexity index is 746. The van der Waals surface area contributed by atoms with Crippen LogP contribution in [0.1, 0.15) is 31.2 Å². The van der Waals surface area contributed by atoms with E-state index in [1.165, 1.54) is 42.6 Å². The molecule has 0 aliphatic carbocycles. The molecule has 0 aromatic heterocycles. The first-order valence-electron chi connectivity index (χ1n) is 9.15. The number of fused-ring (bicyclic) bond motifs is 3. The van der Waals surface area contributed by atoms with E-state index in [1.807, 2.05) is 6.07 Å². The predicted molar refractivity (Wildman–Crippen MR) is 102 cm³/mol. The van der Waals surface area contributed by atoms with E-state index in [9.17, 15) is 0 Å². The molecule has 1 atom stereocenters. The van der Waals surface area contributed by atoms with Crippen molar-refractivity contribution < 1.29 is 9.47 Å². The number of anilines is 2. The van der Waals surface area contributed by atoms with Gasteiger partial charge >= 0.3 is 0 Å². The topological polar surface area (TPSA) is 24.9 Å². The summed E-state index contributed by atoms with van der Waals surface area (Å²) in [5.74, 6) is 1.57. The summed E-state index contributed by atoms with van der Waals surface area (Å²) < 4.78 is 10.9. The molecule has 0 radical (unpaired) electrons. The van der Waals surface area contributed by atoms with Crippen molar-refractivity contribution in [3.8, 4) is 11.5 Å². The highest BCUT2D eigenvalue weighted by Gasteiger charge is 2.33. The molecule has 25 heavy (non-hydrogen) atoms. The molecule has 4 heteroatoms. The van der Waals surface area contributed by atoms with Crippen LogP contribution in [0, 0.1) is 0 Å². The standard InChI is InChI=1S/C21H26N2O2/c1-24-19-12-11-17(14-20(19)25-2)23-15-16-8-5-6-9-18(16)22-13-7-3-4-10-21(22)23/h5-6,8-9,11-12,14,21H,3-4,7,10,13,15H2,1-2H3. The first-order chi connectivity index (χ1) is 12.3. The van der Waals surface area contributed by atoms with Crippen molar-refractivity contribution in [1.29, 1.82) is 0 Å². The molecule has 1 saturated heterocycles. The van der Waals surface area contributed by atoms with Crippen molar-refractivity contribution in [2.24, 2.45) is 0 Å². The maximum absolute atomic E-state index is 5.53. The van der Waals surface area contributed by atoms with Crippen molar-refractivity contribution in [3.63, 3.8) is 0 Å². The summed E-state index contributed by atoms with van der Waals surface area (Å²) in [5.41, 5.74) is 4.01. The monoisotopic (exact) mass is 338 g/mol. The Morgan fingerprint density at radius 2 is 1.72 bits per heavy atom. The highest BCUT2D eigenvalue weighted by atomic mass is 16.5. The Kier molecular flexibility index (Phi) is 4.43. The third-order valence-corrected chi connectivity index (χ3v) is 5.42. The molecule has 0 spiro atoms. The van der Waals surface area contributed by atoms with Crippen LogP contribution in [-0.2, 0) is 6.54 Å². The fourth-order valence-corrected chi connectivity index (χ4v) is 4.18. The molecule has 1 fully saturated rings. The molecule has 2 aromatic carbocycles. The number of methoxy groups -OCH3 is 2. The summed E-state index contributed by atoms with van der Waals surface area (Å²) in [5, 5.41) is 0. The van der Waals surface area contributed by atoms with E-state index in [1.54, 1.807) is 14.2 Å². The largest absolute Gasteiger partial charge is 0.493 e. The zero-order chi connectivity index (χ0) is 17.2. The van der Waals surface area contributed by atoms with Gasteiger partial charge in [0.15, 0.2) is 11.5 Å². The summed E-state index contributed by atoms with van der Waals surface area (Å²) >= 11 is 0. The van der Waals surface area contributed by atoms with Crippen molar-refractivity contribution in [2.45, 2.75) is 38.4 Å². The third kappa shape index (κ3) is 2.90. The van der Waals surface area contributed by atoms with Gasteiger partial charge in [0.25, 0.3) is 0 Å². The zero-order valence-corrected chi connectivity index (χ0v) is 15.1. The summed E-state index contributed by atoms with van der Waals surface area (Å²) in [6.45, 7) is 2.07. The lowest BCUT2D eigenvalue weighted by molar-refractivity contribution is 0.354. The van der Waals surface area contributed by atoms with Crippen LogP contribution in [0.2, 0.25) is 0 Å². The van der Waals surface area contributed by atoms with Crippen molar-refractivity contribution in [3.05, 3.63) is 48.0 Å². The van der Waals surface area contributed by atoms with Crippen LogP contribution in [0.5, 0.6) is 11.5 Å². The van der Waals surface area contributed by atoms with Crippen molar-refractivity contribution >= 4 is 11.4 Å². The number of rotatable bonds is 3. The van der Waals surface area contributed by atoms with E-state index >= 15 is 0 Å². The van der Waals surface area contributed by atoms with Gasteiger partial charge in [0.05, 0.1) is 14.2 Å². The molecule has 132 valence electrons. The van der Waals surface area contributed by atoms with Gasteiger partial charge in [-0.05, 0) is 43.0 Å². The quantitative estimate of drug-likeness (QED) is 0.826. The molecule has 2 aromatic rings. The lowest BCUT2D eigenvalue weighted by Gasteiger charge is -2.46. The molecule has 4 nitrogen and oxygen atoms in total. The van der Waals surface area contributed by atoms with Gasteiger partial charge in [0, 0.05) is 30.5 Å². The number of hydrogen-bond acceptors (Lipinski definition) is 4. The summed E-state index contributed by atoms with van der Waals surface area (Å²) in [7, 11) is 3.38. The highest BCUT2D eigenvalue weighted by molar-refractivity contribution is 5.65. The summed E-state index contributed by atoms with van der Waals surface area (Å²) in [4.78, 5) is 5.12. The fraction of sp³-hybridized carbons (Fsp3) is 0.429. The third-order valence-electron chi connectivity index (χ3n) is 5.42. The van der Waals surface area contributed by atoms with Gasteiger partial charge in [-0.25, -0.2) is 0 Å². The Morgan fingerprint density at radius 3 is 2.56 bits per heavy atom. The maximum Gasteiger partial charge on any atom is 0.162 e. The first-order valence-corrected chi connectivity index (χ1v) is 9.15. The lowest BCUT2D eigenvalue weighted by atomic mass is 10.0. The van der Waals surface area contributed by atoms with Crippen molar-refractivity contribution in [2.75, 3.05) is 30.6 Å². The average molecular weight is 338 g/mol. The zero-order valence-electron chi connectivity index (χ0n) is 15.1. The van der Waals surface area contributed by atoms with Crippen LogP contribution in [0.4, 0.5) is 11.4 Å². The van der Waals surface area contributed by atoms with Gasteiger partial charge in [-0.3, -0.25) is 0 Å². The molecule has 1 unspecified atom stereocenters. The molecule has 4 rings (SSSR count). The number of hydrogen-bond donors (Lipinski definition) is 0. The minimum atomic E-state index is 0.413. The van der Waals surface area contributed by atoms with E-state index in [0.717, 1.165) is 24.6 Å². The van der Waals surface area contributed by atoms with Crippen LogP contribution in [0.15, 0.2) is 42.5 Å². The number of ether oxygens (including phenoxy) is 2. The Morgan fingerprint density at radius 1 is 0.880 bits per heavy atom. The van der Waals surface area contributed by atoms with Crippen LogP contribution in [0.3, 0.4) is 0 Å². The summed E-state index contributed by atoms with van der Waals surface area (Å²) in [6, 6.07) is 15.1. The van der Waals surface area contributed by atoms with Crippen molar-refractivity contribution in [1.82, 2.24) is 0 Å². The van der Waals surface area contributed by atoms with E-state index in [0.29, 0.717) is 6.17 Å². The minimum absolute atomic E-state index is 0.413. The molecular formula is C21H26N2O2. The minimum Gasteiger partial charge on any atom is -0.493 e. The van der Waals surface area contributed by atoms with E-state index < -0.39 is 0 Å². The molecule has 0 bridgehead atoms. The van der Waals surface area contributed by atoms with Crippen LogP contribution in [0.25, 0.3) is 0 Å². The highest BCUT2D eigenvalue weighted by Crippen LogP contribution is 2.40. The molecule has 0 amide bonds. The average Bonchev–Trinajstić information content (AvgIpc) is 2.93. The number of para-hydroxylation sites is 1. The van der Waals surface area contributed by atoms with E-state index in [2.05, 4.69) is 46.2 Å². The Labute approximate surface area is 150 Å². The number of nitrogens with zero attached hydrogens (tertiary/aromatic N) is 2. The first kappa shape index (κ1) is 16.1. The summed E-state index contributed by atoms with van der Waals surface area (Å²) in [6.07, 6.45) is 5.48. The smallest absolute Gasteiger partial charge is 0.162 e. The lowest BCUT2D eigenvalue weighted by Crippen LogP contribution is -2.51. The second-order valence-electron chi connectivity index (χ2n) is 6.82. The van der Waals surface area contributed by atoms with Gasteiger partial charge in [0.2, 0.25) is 0 Å². The normalized spacial score (nSPS) is 19.7. The second kappa shape index (κ2) is 6.87. The van der Waals surface area contributed by atoms with Gasteiger partial charge in [0.1, 0.15) is 6.17 Å². The second-order valence-corrected chi connectivity index (χ2v) is 6.82. The fourth-order valence-electron chi connectivity index (χ4n) is 4.18. The molecule has 2 aliphatic rings. The molecule has 2 heterocycles. The Balaban J connectivity index is 1.76. The SMILES string of the molecule is COc1ccc(N2Cc3ccccc3N3CCCCCC23)cc1OC. The van der Waals surface area contributed by atoms with Crippen LogP contribution in [-0.4, -0.2) is 26.9 Å². The molecule has 0 N–H and O–H groups in total. The maximum atomic E-state index is 5.53. The Hall–Kier alpha value is -2.36. The van der Waals surface area contributed by atoms with Crippen LogP contribution >= 0.6 is 0 Å². The molecular weight excluding hydrogens is 312 g/mol. The molecule has 0 saturated carbocycles. The van der Waals surface area contributed by atoms with Gasteiger partial charge < -0.3 is 19.3 Å². The van der Waals surface area contributed by atoms with E-state index in [-0.39, 0.29) is 0 Å².